The number of aliphatic hydroxyl groups is 1. The number of aliphatic hydroxyl groups excluding tert-OH is 1. The molecule has 0 spiro atoms. The third-order valence-corrected chi connectivity index (χ3v) is 4.96. The van der Waals surface area contributed by atoms with Crippen molar-refractivity contribution < 1.29 is 10.0 Å². The minimum atomic E-state index is -1.13. The predicted molar refractivity (Wildman–Crippen MR) is 109 cm³/mol. The molecule has 5 nitrogen and oxygen atoms in total. The van der Waals surface area contributed by atoms with Gasteiger partial charge in [-0.25, -0.2) is 4.98 Å². The number of hydrogen-bond acceptors (Lipinski definition) is 4. The molecular formula is C22H15ClN2O3. The highest BCUT2D eigenvalue weighted by atomic mass is 35.5. The van der Waals surface area contributed by atoms with Gasteiger partial charge in [-0.2, -0.15) is 0 Å². The van der Waals surface area contributed by atoms with E-state index in [0.717, 1.165) is 16.5 Å². The lowest BCUT2D eigenvalue weighted by atomic mass is 9.94. The van der Waals surface area contributed by atoms with Crippen LogP contribution in [0.2, 0.25) is 5.02 Å². The fourth-order valence-electron chi connectivity index (χ4n) is 3.21. The van der Waals surface area contributed by atoms with Crippen molar-refractivity contribution in [3.63, 3.8) is 0 Å². The van der Waals surface area contributed by atoms with Gasteiger partial charge in [0.1, 0.15) is 6.10 Å². The smallest absolute Gasteiger partial charge is 0.269 e. The average Bonchev–Trinajstić information content (AvgIpc) is 2.73. The minimum Gasteiger partial charge on any atom is -0.384 e. The zero-order valence-corrected chi connectivity index (χ0v) is 15.4. The van der Waals surface area contributed by atoms with E-state index in [0.29, 0.717) is 11.3 Å². The molecule has 28 heavy (non-hydrogen) atoms. The van der Waals surface area contributed by atoms with E-state index in [1.165, 1.54) is 18.2 Å². The quantitative estimate of drug-likeness (QED) is 0.366. The summed E-state index contributed by atoms with van der Waals surface area (Å²) >= 11 is 6.22. The molecule has 138 valence electrons. The fourth-order valence-corrected chi connectivity index (χ4v) is 3.43. The Morgan fingerprint density at radius 1 is 0.929 bits per heavy atom. The summed E-state index contributed by atoms with van der Waals surface area (Å²) < 4.78 is 0. The Labute approximate surface area is 166 Å². The zero-order valence-electron chi connectivity index (χ0n) is 14.6. The number of rotatable bonds is 4. The van der Waals surface area contributed by atoms with Gasteiger partial charge in [0, 0.05) is 33.7 Å². The van der Waals surface area contributed by atoms with Gasteiger partial charge in [-0.15, -0.1) is 0 Å². The summed E-state index contributed by atoms with van der Waals surface area (Å²) in [5.41, 5.74) is 3.02. The Balaban J connectivity index is 1.83. The van der Waals surface area contributed by atoms with Crippen molar-refractivity contribution in [2.45, 2.75) is 6.10 Å². The van der Waals surface area contributed by atoms with Gasteiger partial charge >= 0.3 is 0 Å². The molecule has 4 aromatic rings. The van der Waals surface area contributed by atoms with Crippen molar-refractivity contribution in [3.8, 4) is 11.3 Å². The first kappa shape index (κ1) is 18.1. The summed E-state index contributed by atoms with van der Waals surface area (Å²) in [6, 6.07) is 23.0. The second-order valence-corrected chi connectivity index (χ2v) is 6.75. The maximum absolute atomic E-state index is 11.1. The summed E-state index contributed by atoms with van der Waals surface area (Å²) in [5, 5.41) is 23.4. The van der Waals surface area contributed by atoms with E-state index in [9.17, 15) is 15.2 Å². The summed E-state index contributed by atoms with van der Waals surface area (Å²) in [7, 11) is 0. The molecule has 0 bridgehead atoms. The van der Waals surface area contributed by atoms with E-state index in [1.807, 2.05) is 48.5 Å². The highest BCUT2D eigenvalue weighted by Gasteiger charge is 2.21. The highest BCUT2D eigenvalue weighted by molar-refractivity contribution is 6.31. The normalized spacial score (nSPS) is 12.1. The molecule has 0 aliphatic carbocycles. The first-order valence-corrected chi connectivity index (χ1v) is 8.99. The van der Waals surface area contributed by atoms with E-state index in [-0.39, 0.29) is 16.3 Å². The molecule has 3 aromatic carbocycles. The number of benzene rings is 3. The van der Waals surface area contributed by atoms with Gasteiger partial charge < -0.3 is 5.11 Å². The van der Waals surface area contributed by atoms with Crippen molar-refractivity contribution >= 4 is 28.2 Å². The van der Waals surface area contributed by atoms with Crippen molar-refractivity contribution in [2.75, 3.05) is 0 Å². The monoisotopic (exact) mass is 390 g/mol. The maximum Gasteiger partial charge on any atom is 0.269 e. The number of fused-ring (bicyclic) bond motifs is 1. The highest BCUT2D eigenvalue weighted by Crippen LogP contribution is 2.36. The summed E-state index contributed by atoms with van der Waals surface area (Å²) in [5.74, 6) is 0. The van der Waals surface area contributed by atoms with Gasteiger partial charge in [0.15, 0.2) is 0 Å². The van der Waals surface area contributed by atoms with Crippen LogP contribution in [0.25, 0.3) is 22.2 Å². The standard InChI is InChI=1S/C22H15ClN2O3/c23-19-11-10-15(25(27)28)13-18(19)22(26)17-7-3-2-6-16(17)21-12-9-14-5-1-4-8-20(14)24-21/h1-13,22,26H/t22-/m1/s1. The average molecular weight is 391 g/mol. The number of aromatic nitrogens is 1. The van der Waals surface area contributed by atoms with Crippen LogP contribution in [0.1, 0.15) is 17.2 Å². The molecule has 6 heteroatoms. The van der Waals surface area contributed by atoms with Gasteiger partial charge in [-0.1, -0.05) is 60.1 Å². The first-order valence-electron chi connectivity index (χ1n) is 8.61. The molecule has 0 aliphatic heterocycles. The summed E-state index contributed by atoms with van der Waals surface area (Å²) in [6.07, 6.45) is -1.13. The Morgan fingerprint density at radius 2 is 1.68 bits per heavy atom. The number of hydrogen-bond donors (Lipinski definition) is 1. The molecule has 1 heterocycles. The number of para-hydroxylation sites is 1. The van der Waals surface area contributed by atoms with Crippen LogP contribution < -0.4 is 0 Å². The van der Waals surface area contributed by atoms with Crippen LogP contribution in [0.3, 0.4) is 0 Å². The van der Waals surface area contributed by atoms with Crippen LogP contribution in [0, 0.1) is 10.1 Å². The third-order valence-electron chi connectivity index (χ3n) is 4.61. The lowest BCUT2D eigenvalue weighted by molar-refractivity contribution is -0.385. The van der Waals surface area contributed by atoms with E-state index in [1.54, 1.807) is 12.1 Å². The molecule has 0 fully saturated rings. The number of non-ortho nitro benzene ring substituents is 1. The van der Waals surface area contributed by atoms with E-state index in [4.69, 9.17) is 16.6 Å². The van der Waals surface area contributed by atoms with E-state index >= 15 is 0 Å². The van der Waals surface area contributed by atoms with Crippen LogP contribution in [0.5, 0.6) is 0 Å². The summed E-state index contributed by atoms with van der Waals surface area (Å²) in [4.78, 5) is 15.3. The van der Waals surface area contributed by atoms with Gasteiger partial charge in [-0.05, 0) is 23.8 Å². The molecule has 0 saturated carbocycles. The minimum absolute atomic E-state index is 0.125. The first-order chi connectivity index (χ1) is 13.5. The number of nitro benzene ring substituents is 1. The maximum atomic E-state index is 11.1. The van der Waals surface area contributed by atoms with Crippen LogP contribution in [0.4, 0.5) is 5.69 Å². The molecule has 1 aromatic heterocycles. The number of pyridine rings is 1. The largest absolute Gasteiger partial charge is 0.384 e. The van der Waals surface area contributed by atoms with Crippen molar-refractivity contribution in [1.29, 1.82) is 0 Å². The molecule has 0 saturated heterocycles. The van der Waals surface area contributed by atoms with Crippen LogP contribution in [-0.2, 0) is 0 Å². The SMILES string of the molecule is O=[N+]([O-])c1ccc(Cl)c([C@H](O)c2ccccc2-c2ccc3ccccc3n2)c1. The molecule has 1 N–H and O–H groups in total. The van der Waals surface area contributed by atoms with E-state index in [2.05, 4.69) is 0 Å². The van der Waals surface area contributed by atoms with Crippen LogP contribution >= 0.6 is 11.6 Å². The molecule has 0 radical (unpaired) electrons. The van der Waals surface area contributed by atoms with Crippen molar-refractivity contribution in [3.05, 3.63) is 105 Å². The molecule has 1 atom stereocenters. The predicted octanol–water partition coefficient (Wildman–Crippen LogP) is 5.55. The van der Waals surface area contributed by atoms with Gasteiger partial charge in [-0.3, -0.25) is 10.1 Å². The van der Waals surface area contributed by atoms with Gasteiger partial charge in [0.2, 0.25) is 0 Å². The molecule has 4 rings (SSSR count). The van der Waals surface area contributed by atoms with Gasteiger partial charge in [0.25, 0.3) is 5.69 Å². The number of halogens is 1. The molecular weight excluding hydrogens is 376 g/mol. The summed E-state index contributed by atoms with van der Waals surface area (Å²) in [6.45, 7) is 0. The Bertz CT molecular complexity index is 1190. The van der Waals surface area contributed by atoms with Crippen molar-refractivity contribution in [2.24, 2.45) is 0 Å². The Hall–Kier alpha value is -3.28. The van der Waals surface area contributed by atoms with Crippen LogP contribution in [-0.4, -0.2) is 15.0 Å². The van der Waals surface area contributed by atoms with Crippen LogP contribution in [0.15, 0.2) is 78.9 Å². The molecule has 0 unspecified atom stereocenters. The topological polar surface area (TPSA) is 76.3 Å². The second-order valence-electron chi connectivity index (χ2n) is 6.34. The Kier molecular flexibility index (Phi) is 4.77. The van der Waals surface area contributed by atoms with Gasteiger partial charge in [0.05, 0.1) is 16.1 Å². The third kappa shape index (κ3) is 3.33. The zero-order chi connectivity index (χ0) is 19.7. The van der Waals surface area contributed by atoms with E-state index < -0.39 is 11.0 Å². The number of nitrogens with zero attached hydrogens (tertiary/aromatic N) is 2. The fraction of sp³-hybridized carbons (Fsp3) is 0.0455. The lowest BCUT2D eigenvalue weighted by Crippen LogP contribution is -2.04. The second kappa shape index (κ2) is 7.38. The molecule has 0 amide bonds. The van der Waals surface area contributed by atoms with Crippen molar-refractivity contribution in [1.82, 2.24) is 4.98 Å². The molecule has 0 aliphatic rings. The number of nitro groups is 1. The lowest BCUT2D eigenvalue weighted by Gasteiger charge is -2.17. The Morgan fingerprint density at radius 3 is 2.50 bits per heavy atom.